The molecule has 1 rings (SSSR count). The van der Waals surface area contributed by atoms with Crippen molar-refractivity contribution in [2.75, 3.05) is 5.32 Å². The highest BCUT2D eigenvalue weighted by molar-refractivity contribution is 6.30. The molecule has 0 saturated heterocycles. The first-order valence-electron chi connectivity index (χ1n) is 5.24. The molecular formula is C12H14ClNO3. The zero-order valence-electron chi connectivity index (χ0n) is 9.44. The van der Waals surface area contributed by atoms with Gasteiger partial charge in [-0.2, -0.15) is 0 Å². The zero-order chi connectivity index (χ0) is 12.8. The molecule has 92 valence electrons. The maximum absolute atomic E-state index is 11.6. The Kier molecular flexibility index (Phi) is 4.97. The number of carboxylic acid groups (broad SMARTS) is 1. The number of carbonyl (C=O) groups excluding carboxylic acids is 1. The number of nitrogens with one attached hydrogen (secondary N) is 1. The van der Waals surface area contributed by atoms with Crippen molar-refractivity contribution in [1.29, 1.82) is 0 Å². The molecule has 0 bridgehead atoms. The summed E-state index contributed by atoms with van der Waals surface area (Å²) in [6.45, 7) is 1.73. The van der Waals surface area contributed by atoms with Crippen LogP contribution in [0.5, 0.6) is 0 Å². The van der Waals surface area contributed by atoms with E-state index >= 15 is 0 Å². The summed E-state index contributed by atoms with van der Waals surface area (Å²) in [5, 5.41) is 11.9. The van der Waals surface area contributed by atoms with Crippen molar-refractivity contribution < 1.29 is 14.7 Å². The van der Waals surface area contributed by atoms with E-state index in [1.807, 2.05) is 0 Å². The first-order chi connectivity index (χ1) is 7.97. The average Bonchev–Trinajstić information content (AvgIpc) is 2.19. The van der Waals surface area contributed by atoms with E-state index < -0.39 is 5.97 Å². The summed E-state index contributed by atoms with van der Waals surface area (Å²) in [6, 6.07) is 6.75. The summed E-state index contributed by atoms with van der Waals surface area (Å²) >= 11 is 5.71. The normalized spacial score (nSPS) is 11.9. The van der Waals surface area contributed by atoms with Gasteiger partial charge in [-0.3, -0.25) is 9.59 Å². The third kappa shape index (κ3) is 5.36. The third-order valence-corrected chi connectivity index (χ3v) is 2.44. The molecule has 2 N–H and O–H groups in total. The van der Waals surface area contributed by atoms with E-state index in [1.54, 1.807) is 31.2 Å². The molecule has 5 heteroatoms. The number of anilines is 1. The number of carboxylic acids is 1. The smallest absolute Gasteiger partial charge is 0.303 e. The van der Waals surface area contributed by atoms with Gasteiger partial charge < -0.3 is 10.4 Å². The van der Waals surface area contributed by atoms with Crippen LogP contribution in [0.1, 0.15) is 19.8 Å². The van der Waals surface area contributed by atoms with Crippen molar-refractivity contribution in [3.8, 4) is 0 Å². The van der Waals surface area contributed by atoms with E-state index in [1.165, 1.54) is 0 Å². The van der Waals surface area contributed by atoms with Crippen LogP contribution in [0.2, 0.25) is 5.02 Å². The largest absolute Gasteiger partial charge is 0.481 e. The molecule has 0 fully saturated rings. The molecule has 4 nitrogen and oxygen atoms in total. The van der Waals surface area contributed by atoms with Crippen LogP contribution in [-0.2, 0) is 9.59 Å². The fourth-order valence-electron chi connectivity index (χ4n) is 1.43. The predicted molar refractivity (Wildman–Crippen MR) is 66.1 cm³/mol. The van der Waals surface area contributed by atoms with Gasteiger partial charge in [0.15, 0.2) is 0 Å². The molecule has 0 aliphatic carbocycles. The summed E-state index contributed by atoms with van der Waals surface area (Å²) in [4.78, 5) is 22.0. The molecule has 17 heavy (non-hydrogen) atoms. The van der Waals surface area contributed by atoms with Crippen LogP contribution in [0, 0.1) is 5.92 Å². The van der Waals surface area contributed by atoms with Crippen molar-refractivity contribution in [3.05, 3.63) is 29.3 Å². The minimum Gasteiger partial charge on any atom is -0.481 e. The van der Waals surface area contributed by atoms with E-state index in [2.05, 4.69) is 5.32 Å². The molecule has 1 aromatic carbocycles. The maximum atomic E-state index is 11.6. The number of halogens is 1. The third-order valence-electron chi connectivity index (χ3n) is 2.18. The number of carbonyl (C=O) groups is 2. The molecule has 0 radical (unpaired) electrons. The number of hydrogen-bond donors (Lipinski definition) is 2. The van der Waals surface area contributed by atoms with E-state index in [-0.39, 0.29) is 24.7 Å². The second-order valence-electron chi connectivity index (χ2n) is 3.96. The van der Waals surface area contributed by atoms with Gasteiger partial charge in [0.2, 0.25) is 5.91 Å². The molecule has 0 aliphatic heterocycles. The fraction of sp³-hybridized carbons (Fsp3) is 0.333. The molecule has 0 aromatic heterocycles. The molecular weight excluding hydrogens is 242 g/mol. The second kappa shape index (κ2) is 6.25. The van der Waals surface area contributed by atoms with Crippen LogP contribution in [0.3, 0.4) is 0 Å². The van der Waals surface area contributed by atoms with Crippen molar-refractivity contribution >= 4 is 29.2 Å². The van der Waals surface area contributed by atoms with Crippen molar-refractivity contribution in [1.82, 2.24) is 0 Å². The van der Waals surface area contributed by atoms with E-state index in [0.717, 1.165) is 0 Å². The minimum absolute atomic E-state index is 0.00591. The predicted octanol–water partition coefficient (Wildman–Crippen LogP) is 2.78. The minimum atomic E-state index is -0.892. The van der Waals surface area contributed by atoms with Gasteiger partial charge in [-0.25, -0.2) is 0 Å². The van der Waals surface area contributed by atoms with Gasteiger partial charge >= 0.3 is 5.97 Å². The van der Waals surface area contributed by atoms with Crippen LogP contribution in [0.4, 0.5) is 5.69 Å². The highest BCUT2D eigenvalue weighted by Crippen LogP contribution is 2.15. The quantitative estimate of drug-likeness (QED) is 0.850. The molecule has 1 amide bonds. The summed E-state index contributed by atoms with van der Waals surface area (Å²) in [5.41, 5.74) is 0.655. The standard InChI is InChI=1S/C12H14ClNO3/c1-8(7-12(16)17)6-11(15)14-10-4-2-9(13)3-5-10/h2-5,8H,6-7H2,1H3,(H,14,15)(H,16,17)/t8-/m1/s1. The molecule has 0 aliphatic rings. The Morgan fingerprint density at radius 2 is 1.88 bits per heavy atom. The molecule has 0 unspecified atom stereocenters. The molecule has 1 atom stereocenters. The number of hydrogen-bond acceptors (Lipinski definition) is 2. The van der Waals surface area contributed by atoms with Gasteiger partial charge in [-0.05, 0) is 30.2 Å². The van der Waals surface area contributed by atoms with Gasteiger partial charge in [-0.1, -0.05) is 18.5 Å². The Hall–Kier alpha value is -1.55. The summed E-state index contributed by atoms with van der Waals surface area (Å²) in [6.07, 6.45) is 0.183. The lowest BCUT2D eigenvalue weighted by Crippen LogP contribution is -2.16. The highest BCUT2D eigenvalue weighted by atomic mass is 35.5. The molecule has 0 heterocycles. The number of amides is 1. The van der Waals surface area contributed by atoms with Crippen LogP contribution in [0.15, 0.2) is 24.3 Å². The Balaban J connectivity index is 2.44. The first-order valence-corrected chi connectivity index (χ1v) is 5.62. The van der Waals surface area contributed by atoms with Crippen molar-refractivity contribution in [2.24, 2.45) is 5.92 Å². The fourth-order valence-corrected chi connectivity index (χ4v) is 1.56. The molecule has 1 aromatic rings. The van der Waals surface area contributed by atoms with Crippen molar-refractivity contribution in [3.63, 3.8) is 0 Å². The van der Waals surface area contributed by atoms with Gasteiger partial charge in [0.1, 0.15) is 0 Å². The SMILES string of the molecule is C[C@@H](CC(=O)O)CC(=O)Nc1ccc(Cl)cc1. The lowest BCUT2D eigenvalue weighted by Gasteiger charge is -2.09. The van der Waals surface area contributed by atoms with Gasteiger partial charge in [0, 0.05) is 23.6 Å². The molecule has 0 spiro atoms. The Labute approximate surface area is 105 Å². The van der Waals surface area contributed by atoms with Gasteiger partial charge in [-0.15, -0.1) is 0 Å². The van der Waals surface area contributed by atoms with E-state index in [4.69, 9.17) is 16.7 Å². The Morgan fingerprint density at radius 1 is 1.29 bits per heavy atom. The number of aliphatic carboxylic acids is 1. The second-order valence-corrected chi connectivity index (χ2v) is 4.40. The summed E-state index contributed by atoms with van der Waals surface area (Å²) < 4.78 is 0. The van der Waals surface area contributed by atoms with Crippen LogP contribution >= 0.6 is 11.6 Å². The first kappa shape index (κ1) is 13.5. The molecule has 0 saturated carbocycles. The number of benzene rings is 1. The number of rotatable bonds is 5. The summed E-state index contributed by atoms with van der Waals surface area (Å²) in [5.74, 6) is -1.27. The van der Waals surface area contributed by atoms with Gasteiger partial charge in [0.05, 0.1) is 0 Å². The Bertz CT molecular complexity index is 403. The van der Waals surface area contributed by atoms with Crippen molar-refractivity contribution in [2.45, 2.75) is 19.8 Å². The monoisotopic (exact) mass is 255 g/mol. The van der Waals surface area contributed by atoms with Gasteiger partial charge in [0.25, 0.3) is 0 Å². The topological polar surface area (TPSA) is 66.4 Å². The van der Waals surface area contributed by atoms with Crippen LogP contribution in [-0.4, -0.2) is 17.0 Å². The lowest BCUT2D eigenvalue weighted by molar-refractivity contribution is -0.138. The zero-order valence-corrected chi connectivity index (χ0v) is 10.2. The Morgan fingerprint density at radius 3 is 2.41 bits per heavy atom. The maximum Gasteiger partial charge on any atom is 0.303 e. The summed E-state index contributed by atoms with van der Waals surface area (Å²) in [7, 11) is 0. The van der Waals surface area contributed by atoms with E-state index in [0.29, 0.717) is 10.7 Å². The average molecular weight is 256 g/mol. The lowest BCUT2D eigenvalue weighted by atomic mass is 10.0. The van der Waals surface area contributed by atoms with Crippen LogP contribution in [0.25, 0.3) is 0 Å². The van der Waals surface area contributed by atoms with Crippen LogP contribution < -0.4 is 5.32 Å². The highest BCUT2D eigenvalue weighted by Gasteiger charge is 2.12. The van der Waals surface area contributed by atoms with E-state index in [9.17, 15) is 9.59 Å².